The van der Waals surface area contributed by atoms with Crippen molar-refractivity contribution in [2.24, 2.45) is 0 Å². The number of nitrogens with zero attached hydrogens (tertiary/aromatic N) is 1. The first-order valence-electron chi connectivity index (χ1n) is 20.7. The van der Waals surface area contributed by atoms with E-state index in [0.717, 1.165) is 47.8 Å². The van der Waals surface area contributed by atoms with E-state index in [-0.39, 0.29) is 24.7 Å². The zero-order valence-electron chi connectivity index (χ0n) is 33.8. The van der Waals surface area contributed by atoms with E-state index in [9.17, 15) is 13.5 Å². The van der Waals surface area contributed by atoms with Crippen LogP contribution in [0.4, 0.5) is 0 Å². The van der Waals surface area contributed by atoms with Gasteiger partial charge in [-0.2, -0.15) is 0 Å². The minimum atomic E-state index is -3.95. The zero-order chi connectivity index (χ0) is 41.0. The first kappa shape index (κ1) is 42.5. The number of aromatic nitrogens is 1. The second-order valence-electron chi connectivity index (χ2n) is 15.1. The molecule has 10 heteroatoms. The predicted octanol–water partition coefficient (Wildman–Crippen LogP) is 9.42. The Balaban J connectivity index is 1.28. The van der Waals surface area contributed by atoms with Gasteiger partial charge >= 0.3 is 0 Å². The lowest BCUT2D eigenvalue weighted by Crippen LogP contribution is -2.67. The highest BCUT2D eigenvalue weighted by Crippen LogP contribution is 2.38. The lowest BCUT2D eigenvalue weighted by Gasteiger charge is -2.49. The van der Waals surface area contributed by atoms with Crippen molar-refractivity contribution in [3.8, 4) is 0 Å². The zero-order valence-corrected chi connectivity index (χ0v) is 34.6. The summed E-state index contributed by atoms with van der Waals surface area (Å²) in [4.78, 5) is 0.178. The van der Waals surface area contributed by atoms with E-state index >= 15 is 0 Å². The fourth-order valence-corrected chi connectivity index (χ4v) is 9.22. The van der Waals surface area contributed by atoms with Crippen LogP contribution in [-0.2, 0) is 53.5 Å². The molecule has 7 unspecified atom stereocenters. The molecule has 0 saturated heterocycles. The van der Waals surface area contributed by atoms with Crippen LogP contribution in [0.5, 0.6) is 0 Å². The summed E-state index contributed by atoms with van der Waals surface area (Å²) in [6.07, 6.45) is -0.420. The van der Waals surface area contributed by atoms with Crippen molar-refractivity contribution >= 4 is 20.9 Å². The smallest absolute Gasteiger partial charge is 0.268 e. The minimum absolute atomic E-state index is 0.178. The summed E-state index contributed by atoms with van der Waals surface area (Å²) in [5.74, 6) is 0. The van der Waals surface area contributed by atoms with Crippen molar-refractivity contribution in [2.75, 3.05) is 6.61 Å². The van der Waals surface area contributed by atoms with Crippen LogP contribution in [0, 0.1) is 0 Å². The van der Waals surface area contributed by atoms with Gasteiger partial charge in [0.1, 0.15) is 36.6 Å². The molecule has 1 saturated carbocycles. The molecule has 1 aromatic heterocycles. The monoisotopic (exact) mass is 817 g/mol. The van der Waals surface area contributed by atoms with Crippen molar-refractivity contribution in [1.29, 1.82) is 0 Å². The average Bonchev–Trinajstić information content (AvgIpc) is 3.68. The van der Waals surface area contributed by atoms with E-state index < -0.39 is 52.8 Å². The van der Waals surface area contributed by atoms with Gasteiger partial charge in [0.05, 0.1) is 36.3 Å². The second-order valence-corrected chi connectivity index (χ2v) is 16.9. The number of fused-ring (bicyclic) bond motifs is 1. The number of benzene rings is 5. The fraction of sp³-hybridized carbons (Fsp3) is 0.347. The molecule has 0 spiro atoms. The number of unbranched alkanes of at least 4 members (excludes halogenated alkanes) is 3. The predicted molar refractivity (Wildman–Crippen MR) is 229 cm³/mol. The van der Waals surface area contributed by atoms with Gasteiger partial charge in [-0.25, -0.2) is 12.4 Å². The van der Waals surface area contributed by atoms with Gasteiger partial charge in [0.2, 0.25) is 0 Å². The van der Waals surface area contributed by atoms with E-state index in [0.29, 0.717) is 17.7 Å². The Hall–Kier alpha value is -4.65. The molecule has 1 aliphatic carbocycles. The topological polar surface area (TPSA) is 105 Å². The molecule has 0 aliphatic heterocycles. The Morgan fingerprint density at radius 2 is 1.05 bits per heavy atom. The highest BCUT2D eigenvalue weighted by atomic mass is 32.2. The number of hydrogen-bond donors (Lipinski definition) is 1. The number of aliphatic hydroxyl groups excluding tert-OH is 1. The van der Waals surface area contributed by atoms with E-state index in [1.54, 1.807) is 42.6 Å². The Bertz CT molecular complexity index is 2270. The summed E-state index contributed by atoms with van der Waals surface area (Å²) in [5, 5.41) is 13.3. The largest absolute Gasteiger partial charge is 0.387 e. The summed E-state index contributed by atoms with van der Waals surface area (Å²) in [5.41, 5.74) is 4.06. The lowest BCUT2D eigenvalue weighted by atomic mass is 9.83. The van der Waals surface area contributed by atoms with Crippen LogP contribution in [0.2, 0.25) is 0 Å². The fourth-order valence-electron chi connectivity index (χ4n) is 7.82. The second kappa shape index (κ2) is 20.5. The van der Waals surface area contributed by atoms with Gasteiger partial charge in [0.15, 0.2) is 0 Å². The van der Waals surface area contributed by atoms with Gasteiger partial charge in [-0.05, 0) is 48.2 Å². The van der Waals surface area contributed by atoms with Crippen molar-refractivity contribution < 1.29 is 37.2 Å². The van der Waals surface area contributed by atoms with Crippen molar-refractivity contribution in [3.05, 3.63) is 174 Å². The van der Waals surface area contributed by atoms with Crippen LogP contribution >= 0.6 is 0 Å². The summed E-state index contributed by atoms with van der Waals surface area (Å²) >= 11 is 0. The summed E-state index contributed by atoms with van der Waals surface area (Å²) in [7, 11) is -3.95. The van der Waals surface area contributed by atoms with E-state index in [2.05, 4.69) is 6.92 Å². The maximum absolute atomic E-state index is 14.1. The summed E-state index contributed by atoms with van der Waals surface area (Å²) in [6.45, 7) is 5.21. The first-order valence-corrected chi connectivity index (χ1v) is 22.1. The highest BCUT2D eigenvalue weighted by molar-refractivity contribution is 7.90. The molecule has 7 rings (SSSR count). The molecule has 5 aromatic carbocycles. The van der Waals surface area contributed by atoms with Gasteiger partial charge in [-0.15, -0.1) is 0 Å². The molecule has 0 radical (unpaired) electrons. The summed E-state index contributed by atoms with van der Waals surface area (Å²) < 4.78 is 63.6. The third kappa shape index (κ3) is 10.4. The quantitative estimate of drug-likeness (QED) is 0.0761. The third-order valence-corrected chi connectivity index (χ3v) is 12.6. The van der Waals surface area contributed by atoms with Gasteiger partial charge in [0.25, 0.3) is 10.0 Å². The van der Waals surface area contributed by atoms with E-state index in [1.807, 2.05) is 116 Å². The van der Waals surface area contributed by atoms with Crippen molar-refractivity contribution in [3.63, 3.8) is 0 Å². The van der Waals surface area contributed by atoms with Gasteiger partial charge in [0, 0.05) is 23.8 Å². The normalized spacial score (nSPS) is 21.4. The molecule has 9 nitrogen and oxygen atoms in total. The molecule has 1 aliphatic rings. The lowest BCUT2D eigenvalue weighted by molar-refractivity contribution is -0.285. The van der Waals surface area contributed by atoms with E-state index in [4.69, 9.17) is 23.7 Å². The average molecular weight is 818 g/mol. The SMILES string of the molecule is CCCCCCOC1C(O)C(OC(C)c2cn(S(=O)(=O)c3ccccc3)c3ccccc23)C(OCc2ccccc2)C(OCc2ccccc2)C1OCc1ccccc1. The van der Waals surface area contributed by atoms with Crippen LogP contribution in [0.1, 0.15) is 67.9 Å². The number of para-hydroxylation sites is 1. The molecule has 1 heterocycles. The number of rotatable bonds is 20. The Morgan fingerprint density at radius 1 is 0.576 bits per heavy atom. The molecule has 1 fully saturated rings. The Labute approximate surface area is 348 Å². The first-order chi connectivity index (χ1) is 28.8. The Kier molecular flexibility index (Phi) is 14.8. The maximum Gasteiger partial charge on any atom is 0.268 e. The van der Waals surface area contributed by atoms with Crippen molar-refractivity contribution in [1.82, 2.24) is 3.97 Å². The van der Waals surface area contributed by atoms with Crippen LogP contribution in [0.15, 0.2) is 157 Å². The Morgan fingerprint density at radius 3 is 1.59 bits per heavy atom. The van der Waals surface area contributed by atoms with Crippen LogP contribution in [-0.4, -0.2) is 60.7 Å². The van der Waals surface area contributed by atoms with Crippen LogP contribution in [0.25, 0.3) is 10.9 Å². The molecule has 6 aromatic rings. The van der Waals surface area contributed by atoms with Crippen molar-refractivity contribution in [2.45, 2.75) is 107 Å². The standard InChI is InChI=1S/C49H55NO8S/c1-3-4-5-20-31-54-45-44(51)46(58-36(2)42-32-50(43-30-19-18-29-41(42)43)59(52,53)40-27-16-9-17-28-40)48(56-34-38-23-12-7-13-24-38)49(57-35-39-25-14-8-15-26-39)47(45)55-33-37-21-10-6-11-22-37/h6-19,21-30,32,36,44-49,51H,3-5,20,31,33-35H2,1-2H3. The van der Waals surface area contributed by atoms with Gasteiger partial charge in [-0.1, -0.05) is 154 Å². The maximum atomic E-state index is 14.1. The molecular weight excluding hydrogens is 763 g/mol. The molecule has 59 heavy (non-hydrogen) atoms. The number of aliphatic hydroxyl groups is 1. The molecule has 7 atom stereocenters. The van der Waals surface area contributed by atoms with Gasteiger partial charge in [-0.3, -0.25) is 0 Å². The third-order valence-electron chi connectivity index (χ3n) is 10.9. The number of hydrogen-bond acceptors (Lipinski definition) is 8. The van der Waals surface area contributed by atoms with Crippen LogP contribution < -0.4 is 0 Å². The van der Waals surface area contributed by atoms with Gasteiger partial charge < -0.3 is 28.8 Å². The minimum Gasteiger partial charge on any atom is -0.387 e. The molecule has 1 N–H and O–H groups in total. The number of ether oxygens (including phenoxy) is 5. The highest BCUT2D eigenvalue weighted by Gasteiger charge is 2.54. The molecule has 0 amide bonds. The summed E-state index contributed by atoms with van der Waals surface area (Å²) in [6, 6.07) is 45.5. The molecular formula is C49H55NO8S. The van der Waals surface area contributed by atoms with E-state index in [1.165, 1.54) is 3.97 Å². The molecule has 0 bridgehead atoms. The molecule has 310 valence electrons. The van der Waals surface area contributed by atoms with Crippen LogP contribution in [0.3, 0.4) is 0 Å².